The molecule has 1 aromatic carbocycles. The van der Waals surface area contributed by atoms with Crippen LogP contribution in [0.2, 0.25) is 0 Å². The fourth-order valence-corrected chi connectivity index (χ4v) is 3.99. The number of nitrogens with zero attached hydrogens (tertiary/aromatic N) is 1. The zero-order chi connectivity index (χ0) is 13.6. The highest BCUT2D eigenvalue weighted by atomic mass is 32.2. The van der Waals surface area contributed by atoms with E-state index in [1.54, 1.807) is 6.07 Å². The lowest BCUT2D eigenvalue weighted by atomic mass is 10.2. The third-order valence-corrected chi connectivity index (χ3v) is 5.33. The first kappa shape index (κ1) is 12.6. The second-order valence-corrected chi connectivity index (χ2v) is 6.79. The van der Waals surface area contributed by atoms with E-state index in [0.29, 0.717) is 24.2 Å². The molecule has 1 amide bonds. The summed E-state index contributed by atoms with van der Waals surface area (Å²) in [6, 6.07) is 4.64. The van der Waals surface area contributed by atoms with Gasteiger partial charge in [0.2, 0.25) is 15.9 Å². The SMILES string of the molecule is O=C1Cc2cc(S(=O)(=O)N3CC[C@@H](O)C3)ccc2N1. The van der Waals surface area contributed by atoms with Gasteiger partial charge in [0.25, 0.3) is 0 Å². The number of rotatable bonds is 2. The maximum Gasteiger partial charge on any atom is 0.243 e. The summed E-state index contributed by atoms with van der Waals surface area (Å²) in [5, 5.41) is 12.1. The second-order valence-electron chi connectivity index (χ2n) is 4.85. The summed E-state index contributed by atoms with van der Waals surface area (Å²) >= 11 is 0. The van der Waals surface area contributed by atoms with Crippen LogP contribution in [0, 0.1) is 0 Å². The van der Waals surface area contributed by atoms with E-state index < -0.39 is 16.1 Å². The Kier molecular flexibility index (Phi) is 2.84. The van der Waals surface area contributed by atoms with Crippen LogP contribution in [0.25, 0.3) is 0 Å². The van der Waals surface area contributed by atoms with Crippen LogP contribution in [0.4, 0.5) is 5.69 Å². The number of sulfonamides is 1. The molecule has 1 aromatic rings. The smallest absolute Gasteiger partial charge is 0.243 e. The van der Waals surface area contributed by atoms with Crippen molar-refractivity contribution in [1.82, 2.24) is 4.31 Å². The molecule has 19 heavy (non-hydrogen) atoms. The number of anilines is 1. The highest BCUT2D eigenvalue weighted by molar-refractivity contribution is 7.89. The Bertz CT molecular complexity index is 641. The van der Waals surface area contributed by atoms with Crippen molar-refractivity contribution in [2.45, 2.75) is 23.8 Å². The number of carbonyl (C=O) groups excluding carboxylic acids is 1. The second kappa shape index (κ2) is 4.29. The lowest BCUT2D eigenvalue weighted by Gasteiger charge is -2.16. The fraction of sp³-hybridized carbons (Fsp3) is 0.417. The minimum atomic E-state index is -3.58. The van der Waals surface area contributed by atoms with Crippen molar-refractivity contribution in [3.8, 4) is 0 Å². The van der Waals surface area contributed by atoms with Crippen molar-refractivity contribution in [2.75, 3.05) is 18.4 Å². The zero-order valence-corrected chi connectivity index (χ0v) is 11.0. The molecule has 1 saturated heterocycles. The quantitative estimate of drug-likeness (QED) is 0.795. The predicted molar refractivity (Wildman–Crippen MR) is 68.2 cm³/mol. The molecule has 0 aliphatic carbocycles. The predicted octanol–water partition coefficient (Wildman–Crippen LogP) is -0.0635. The van der Waals surface area contributed by atoms with E-state index in [-0.39, 0.29) is 23.8 Å². The number of benzene rings is 1. The van der Waals surface area contributed by atoms with Gasteiger partial charge >= 0.3 is 0 Å². The first-order chi connectivity index (χ1) is 8.96. The maximum absolute atomic E-state index is 12.4. The van der Waals surface area contributed by atoms with Gasteiger partial charge in [0.15, 0.2) is 0 Å². The zero-order valence-electron chi connectivity index (χ0n) is 10.2. The van der Waals surface area contributed by atoms with Crippen LogP contribution in [-0.4, -0.2) is 42.9 Å². The van der Waals surface area contributed by atoms with Gasteiger partial charge < -0.3 is 10.4 Å². The van der Waals surface area contributed by atoms with Crippen molar-refractivity contribution in [3.63, 3.8) is 0 Å². The number of aliphatic hydroxyl groups excluding tert-OH is 1. The number of fused-ring (bicyclic) bond motifs is 1. The third-order valence-electron chi connectivity index (χ3n) is 3.47. The topological polar surface area (TPSA) is 86.7 Å². The molecule has 6 nitrogen and oxygen atoms in total. The monoisotopic (exact) mass is 282 g/mol. The molecule has 3 rings (SSSR count). The first-order valence-corrected chi connectivity index (χ1v) is 7.52. The standard InChI is InChI=1S/C12H14N2O4S/c15-9-3-4-14(7-9)19(17,18)10-1-2-11-8(5-10)6-12(16)13-11/h1-2,5,9,15H,3-4,6-7H2,(H,13,16)/t9-/m1/s1. The van der Waals surface area contributed by atoms with Gasteiger partial charge in [0, 0.05) is 18.8 Å². The maximum atomic E-state index is 12.4. The highest BCUT2D eigenvalue weighted by Crippen LogP contribution is 2.28. The summed E-state index contributed by atoms with van der Waals surface area (Å²) in [5.41, 5.74) is 1.37. The Morgan fingerprint density at radius 3 is 2.84 bits per heavy atom. The van der Waals surface area contributed by atoms with Gasteiger partial charge in [-0.25, -0.2) is 8.42 Å². The Morgan fingerprint density at radius 2 is 2.16 bits per heavy atom. The van der Waals surface area contributed by atoms with Gasteiger partial charge in [-0.3, -0.25) is 4.79 Å². The molecule has 2 aliphatic rings. The largest absolute Gasteiger partial charge is 0.392 e. The molecule has 2 N–H and O–H groups in total. The molecule has 2 heterocycles. The lowest BCUT2D eigenvalue weighted by Crippen LogP contribution is -2.29. The summed E-state index contributed by atoms with van der Waals surface area (Å²) < 4.78 is 26.0. The van der Waals surface area contributed by atoms with Crippen LogP contribution >= 0.6 is 0 Å². The van der Waals surface area contributed by atoms with Crippen LogP contribution < -0.4 is 5.32 Å². The van der Waals surface area contributed by atoms with Crippen molar-refractivity contribution in [2.24, 2.45) is 0 Å². The summed E-state index contributed by atoms with van der Waals surface area (Å²) in [5.74, 6) is -0.124. The van der Waals surface area contributed by atoms with Crippen LogP contribution in [0.5, 0.6) is 0 Å². The number of hydrogen-bond donors (Lipinski definition) is 2. The number of hydrogen-bond acceptors (Lipinski definition) is 4. The molecule has 0 spiro atoms. The lowest BCUT2D eigenvalue weighted by molar-refractivity contribution is -0.115. The molecule has 0 bridgehead atoms. The summed E-state index contributed by atoms with van der Waals surface area (Å²) in [4.78, 5) is 11.4. The van der Waals surface area contributed by atoms with Gasteiger partial charge in [0.1, 0.15) is 0 Å². The molecule has 0 unspecified atom stereocenters. The Hall–Kier alpha value is -1.44. The van der Waals surface area contributed by atoms with Crippen molar-refractivity contribution >= 4 is 21.6 Å². The van der Waals surface area contributed by atoms with Crippen LogP contribution in [0.1, 0.15) is 12.0 Å². The van der Waals surface area contributed by atoms with Gasteiger partial charge in [-0.15, -0.1) is 0 Å². The molecule has 0 aromatic heterocycles. The van der Waals surface area contributed by atoms with Crippen molar-refractivity contribution in [1.29, 1.82) is 0 Å². The average molecular weight is 282 g/mol. The number of aliphatic hydroxyl groups is 1. The minimum absolute atomic E-state index is 0.124. The molecule has 7 heteroatoms. The Morgan fingerprint density at radius 1 is 1.37 bits per heavy atom. The number of carbonyl (C=O) groups is 1. The molecule has 1 atom stereocenters. The summed E-state index contributed by atoms with van der Waals surface area (Å²) in [7, 11) is -3.58. The van der Waals surface area contributed by atoms with Crippen LogP contribution in [-0.2, 0) is 21.2 Å². The van der Waals surface area contributed by atoms with Crippen molar-refractivity contribution in [3.05, 3.63) is 23.8 Å². The fourth-order valence-electron chi connectivity index (χ4n) is 2.44. The van der Waals surface area contributed by atoms with E-state index in [4.69, 9.17) is 0 Å². The molecule has 2 aliphatic heterocycles. The number of nitrogens with one attached hydrogen (secondary N) is 1. The molecular formula is C12H14N2O4S. The van der Waals surface area contributed by atoms with Gasteiger partial charge in [-0.1, -0.05) is 0 Å². The average Bonchev–Trinajstić information content (AvgIpc) is 2.93. The van der Waals surface area contributed by atoms with E-state index in [1.165, 1.54) is 16.4 Å². The van der Waals surface area contributed by atoms with Gasteiger partial charge in [-0.05, 0) is 30.2 Å². The number of β-amino-alcohol motifs (C(OH)–C–C–N with tert-alkyl or cyclic N) is 1. The van der Waals surface area contributed by atoms with Crippen LogP contribution in [0.3, 0.4) is 0 Å². The minimum Gasteiger partial charge on any atom is -0.392 e. The molecule has 1 fully saturated rings. The summed E-state index contributed by atoms with van der Waals surface area (Å²) in [6.07, 6.45) is 0.0818. The van der Waals surface area contributed by atoms with Gasteiger partial charge in [0.05, 0.1) is 17.4 Å². The van der Waals surface area contributed by atoms with E-state index in [2.05, 4.69) is 5.32 Å². The number of amides is 1. The van der Waals surface area contributed by atoms with Gasteiger partial charge in [-0.2, -0.15) is 4.31 Å². The van der Waals surface area contributed by atoms with Crippen LogP contribution in [0.15, 0.2) is 23.1 Å². The van der Waals surface area contributed by atoms with E-state index in [0.717, 1.165) is 0 Å². The van der Waals surface area contributed by atoms with E-state index in [1.807, 2.05) is 0 Å². The molecule has 102 valence electrons. The molecule has 0 radical (unpaired) electrons. The van der Waals surface area contributed by atoms with E-state index in [9.17, 15) is 18.3 Å². The third kappa shape index (κ3) is 2.13. The van der Waals surface area contributed by atoms with Crippen molar-refractivity contribution < 1.29 is 18.3 Å². The summed E-state index contributed by atoms with van der Waals surface area (Å²) in [6.45, 7) is 0.467. The Labute approximate surface area is 111 Å². The molecular weight excluding hydrogens is 268 g/mol. The molecule has 0 saturated carbocycles. The van der Waals surface area contributed by atoms with E-state index >= 15 is 0 Å². The normalized spacial score (nSPS) is 23.4. The Balaban J connectivity index is 1.94. The highest BCUT2D eigenvalue weighted by Gasteiger charge is 2.32. The first-order valence-electron chi connectivity index (χ1n) is 6.08.